The highest BCUT2D eigenvalue weighted by Crippen LogP contribution is 2.28. The van der Waals surface area contributed by atoms with Crippen molar-refractivity contribution in [2.75, 3.05) is 29.9 Å². The Balaban J connectivity index is 1.45. The minimum absolute atomic E-state index is 0.0924. The van der Waals surface area contributed by atoms with Crippen molar-refractivity contribution in [3.63, 3.8) is 0 Å². The summed E-state index contributed by atoms with van der Waals surface area (Å²) in [7, 11) is 0. The first-order valence-corrected chi connectivity index (χ1v) is 11.3. The van der Waals surface area contributed by atoms with Crippen molar-refractivity contribution in [2.45, 2.75) is 64.3 Å². The number of anilines is 2. The molecule has 3 amide bonds. The molecule has 164 valence electrons. The summed E-state index contributed by atoms with van der Waals surface area (Å²) < 4.78 is 0. The molecule has 1 aliphatic heterocycles. The zero-order valence-electron chi connectivity index (χ0n) is 17.9. The lowest BCUT2D eigenvalue weighted by molar-refractivity contribution is -0.126. The van der Waals surface area contributed by atoms with Gasteiger partial charge >= 0.3 is 0 Å². The number of rotatable bonds is 11. The molecular weight excluding hydrogens is 380 g/mol. The van der Waals surface area contributed by atoms with Crippen molar-refractivity contribution >= 4 is 29.1 Å². The Labute approximate surface area is 179 Å². The van der Waals surface area contributed by atoms with Crippen LogP contribution in [0.15, 0.2) is 24.3 Å². The number of hydrogen-bond acceptors (Lipinski definition) is 4. The number of carbonyl (C=O) groups is 3. The molecule has 1 heterocycles. The predicted octanol–water partition coefficient (Wildman–Crippen LogP) is 2.82. The number of benzene rings is 1. The average Bonchev–Trinajstić information content (AvgIpc) is 3.45. The summed E-state index contributed by atoms with van der Waals surface area (Å²) in [5.41, 5.74) is 1.87. The molecule has 0 radical (unpaired) electrons. The zero-order valence-corrected chi connectivity index (χ0v) is 17.9. The highest BCUT2D eigenvalue weighted by Gasteiger charge is 2.29. The molecule has 30 heavy (non-hydrogen) atoms. The van der Waals surface area contributed by atoms with E-state index in [0.717, 1.165) is 43.7 Å². The smallest absolute Gasteiger partial charge is 0.246 e. The number of hydrogen-bond donors (Lipinski definition) is 3. The standard InChI is InChI=1S/C23H34N4O3/c1-2-7-20(26-21(28)10-6-13-24-22(29)17-11-12-17)23(30)25-18-8-5-9-19(16-18)27-14-3-4-15-27/h5,8-9,16-17,20H,2-4,6-7,10-15H2,1H3,(H,24,29)(H,25,30)(H,26,28). The van der Waals surface area contributed by atoms with Crippen LogP contribution in [0.25, 0.3) is 0 Å². The summed E-state index contributed by atoms with van der Waals surface area (Å²) in [6.45, 7) is 4.59. The first kappa shape index (κ1) is 22.1. The fourth-order valence-corrected chi connectivity index (χ4v) is 3.76. The molecule has 1 aromatic carbocycles. The summed E-state index contributed by atoms with van der Waals surface area (Å²) in [5.74, 6) is -0.0730. The van der Waals surface area contributed by atoms with Crippen LogP contribution in [0.3, 0.4) is 0 Å². The van der Waals surface area contributed by atoms with Crippen LogP contribution in [0.1, 0.15) is 58.3 Å². The van der Waals surface area contributed by atoms with Crippen molar-refractivity contribution in [1.29, 1.82) is 0 Å². The van der Waals surface area contributed by atoms with E-state index in [-0.39, 0.29) is 23.6 Å². The van der Waals surface area contributed by atoms with E-state index in [9.17, 15) is 14.4 Å². The quantitative estimate of drug-likeness (QED) is 0.486. The number of nitrogens with zero attached hydrogens (tertiary/aromatic N) is 1. The first-order valence-electron chi connectivity index (χ1n) is 11.3. The summed E-state index contributed by atoms with van der Waals surface area (Å²) in [6, 6.07) is 7.33. The zero-order chi connectivity index (χ0) is 21.3. The fourth-order valence-electron chi connectivity index (χ4n) is 3.76. The number of nitrogens with one attached hydrogen (secondary N) is 3. The van der Waals surface area contributed by atoms with Gasteiger partial charge in [-0.25, -0.2) is 0 Å². The first-order chi connectivity index (χ1) is 14.6. The van der Waals surface area contributed by atoms with Gasteiger partial charge in [0.15, 0.2) is 0 Å². The molecule has 2 fully saturated rings. The average molecular weight is 415 g/mol. The molecule has 0 spiro atoms. The Hall–Kier alpha value is -2.57. The van der Waals surface area contributed by atoms with Crippen LogP contribution in [-0.2, 0) is 14.4 Å². The van der Waals surface area contributed by atoms with Crippen LogP contribution in [0, 0.1) is 5.92 Å². The maximum Gasteiger partial charge on any atom is 0.246 e. The molecular formula is C23H34N4O3. The third-order valence-corrected chi connectivity index (χ3v) is 5.64. The second-order valence-corrected chi connectivity index (χ2v) is 8.31. The van der Waals surface area contributed by atoms with Crippen molar-refractivity contribution in [1.82, 2.24) is 10.6 Å². The lowest BCUT2D eigenvalue weighted by Gasteiger charge is -2.20. The lowest BCUT2D eigenvalue weighted by atomic mass is 10.1. The molecule has 1 saturated carbocycles. The SMILES string of the molecule is CCCC(NC(=O)CCCNC(=O)C1CC1)C(=O)Nc1cccc(N2CCCC2)c1. The number of amides is 3. The van der Waals surface area contributed by atoms with Gasteiger partial charge in [-0.3, -0.25) is 14.4 Å². The van der Waals surface area contributed by atoms with Gasteiger partial charge in [-0.05, 0) is 56.7 Å². The topological polar surface area (TPSA) is 90.5 Å². The van der Waals surface area contributed by atoms with Gasteiger partial charge in [-0.1, -0.05) is 19.4 Å². The van der Waals surface area contributed by atoms with E-state index < -0.39 is 6.04 Å². The molecule has 0 bridgehead atoms. The van der Waals surface area contributed by atoms with Crippen molar-refractivity contribution < 1.29 is 14.4 Å². The van der Waals surface area contributed by atoms with Crippen LogP contribution in [0.4, 0.5) is 11.4 Å². The Morgan fingerprint density at radius 1 is 1.17 bits per heavy atom. The molecule has 0 aromatic heterocycles. The Morgan fingerprint density at radius 3 is 2.63 bits per heavy atom. The molecule has 1 saturated heterocycles. The third kappa shape index (κ3) is 6.75. The van der Waals surface area contributed by atoms with Gasteiger partial charge in [0.05, 0.1) is 0 Å². The lowest BCUT2D eigenvalue weighted by Crippen LogP contribution is -2.43. The maximum absolute atomic E-state index is 12.8. The van der Waals surface area contributed by atoms with Crippen molar-refractivity contribution in [3.8, 4) is 0 Å². The van der Waals surface area contributed by atoms with Gasteiger partial charge in [0.1, 0.15) is 6.04 Å². The monoisotopic (exact) mass is 414 g/mol. The van der Waals surface area contributed by atoms with Crippen LogP contribution in [0.5, 0.6) is 0 Å². The van der Waals surface area contributed by atoms with E-state index in [1.807, 2.05) is 25.1 Å². The highest BCUT2D eigenvalue weighted by atomic mass is 16.2. The van der Waals surface area contributed by atoms with E-state index in [0.29, 0.717) is 25.8 Å². The summed E-state index contributed by atoms with van der Waals surface area (Å²) in [6.07, 6.45) is 6.59. The van der Waals surface area contributed by atoms with E-state index in [1.165, 1.54) is 12.8 Å². The normalized spacial score (nSPS) is 16.8. The molecule has 3 N–H and O–H groups in total. The van der Waals surface area contributed by atoms with E-state index >= 15 is 0 Å². The minimum Gasteiger partial charge on any atom is -0.371 e. The van der Waals surface area contributed by atoms with Crippen molar-refractivity contribution in [2.24, 2.45) is 5.92 Å². The Kier molecular flexibility index (Phi) is 8.11. The van der Waals surface area contributed by atoms with Crippen LogP contribution >= 0.6 is 0 Å². The largest absolute Gasteiger partial charge is 0.371 e. The highest BCUT2D eigenvalue weighted by molar-refractivity contribution is 5.97. The summed E-state index contributed by atoms with van der Waals surface area (Å²) >= 11 is 0. The van der Waals surface area contributed by atoms with Crippen LogP contribution in [-0.4, -0.2) is 43.4 Å². The van der Waals surface area contributed by atoms with Gasteiger partial charge in [0.2, 0.25) is 17.7 Å². The van der Waals surface area contributed by atoms with Crippen molar-refractivity contribution in [3.05, 3.63) is 24.3 Å². The van der Waals surface area contributed by atoms with Crippen LogP contribution in [0.2, 0.25) is 0 Å². The molecule has 1 aromatic rings. The van der Waals surface area contributed by atoms with Gasteiger partial charge in [-0.15, -0.1) is 0 Å². The van der Waals surface area contributed by atoms with Gasteiger partial charge in [0.25, 0.3) is 0 Å². The fraction of sp³-hybridized carbons (Fsp3) is 0.609. The molecule has 1 aliphatic carbocycles. The molecule has 1 unspecified atom stereocenters. The molecule has 2 aliphatic rings. The summed E-state index contributed by atoms with van der Waals surface area (Å²) in [5, 5.41) is 8.68. The second kappa shape index (κ2) is 11.0. The number of carbonyl (C=O) groups excluding carboxylic acids is 3. The summed E-state index contributed by atoms with van der Waals surface area (Å²) in [4.78, 5) is 39.0. The molecule has 3 rings (SSSR count). The van der Waals surface area contributed by atoms with E-state index in [4.69, 9.17) is 0 Å². The Bertz CT molecular complexity index is 742. The van der Waals surface area contributed by atoms with E-state index in [2.05, 4.69) is 26.9 Å². The van der Waals surface area contributed by atoms with E-state index in [1.54, 1.807) is 0 Å². The van der Waals surface area contributed by atoms with Gasteiger partial charge in [0, 0.05) is 43.3 Å². The molecule has 1 atom stereocenters. The predicted molar refractivity (Wildman–Crippen MR) is 118 cm³/mol. The third-order valence-electron chi connectivity index (χ3n) is 5.64. The molecule has 7 heteroatoms. The maximum atomic E-state index is 12.8. The molecule has 7 nitrogen and oxygen atoms in total. The van der Waals surface area contributed by atoms with Gasteiger partial charge < -0.3 is 20.9 Å². The van der Waals surface area contributed by atoms with Crippen LogP contribution < -0.4 is 20.9 Å². The Morgan fingerprint density at radius 2 is 1.93 bits per heavy atom. The minimum atomic E-state index is -0.556. The van der Waals surface area contributed by atoms with Gasteiger partial charge in [-0.2, -0.15) is 0 Å². The second-order valence-electron chi connectivity index (χ2n) is 8.31.